The fourth-order valence-corrected chi connectivity index (χ4v) is 2.24. The number of hydrogen-bond donors (Lipinski definition) is 1. The van der Waals surface area contributed by atoms with Gasteiger partial charge in [0, 0.05) is 25.2 Å². The number of hydrogen-bond acceptors (Lipinski definition) is 4. The highest BCUT2D eigenvalue weighted by Crippen LogP contribution is 2.35. The van der Waals surface area contributed by atoms with E-state index in [1.54, 1.807) is 18.2 Å². The highest BCUT2D eigenvalue weighted by atomic mass is 16.7. The van der Waals surface area contributed by atoms with E-state index in [9.17, 15) is 9.59 Å². The van der Waals surface area contributed by atoms with Gasteiger partial charge in [0.25, 0.3) is 0 Å². The van der Waals surface area contributed by atoms with Crippen molar-refractivity contribution in [1.29, 1.82) is 0 Å². The minimum atomic E-state index is -0.192. The molecule has 0 saturated carbocycles. The number of fused-ring (bicyclic) bond motifs is 1. The molecule has 1 aliphatic heterocycles. The van der Waals surface area contributed by atoms with Crippen molar-refractivity contribution in [3.63, 3.8) is 0 Å². The topological polar surface area (TPSA) is 67.9 Å². The van der Waals surface area contributed by atoms with Crippen molar-refractivity contribution in [2.75, 3.05) is 24.8 Å². The monoisotopic (exact) mass is 306 g/mol. The standard InChI is InChI=1S/C16H22N2O4/c1-3-4-5-8-17-16(20)10-18(12(2)19)13-6-7-14-15(9-13)22-11-21-14/h6-7,9H,3-5,8,10-11H2,1-2H3,(H,17,20). The summed E-state index contributed by atoms with van der Waals surface area (Å²) < 4.78 is 10.6. The quantitative estimate of drug-likeness (QED) is 0.783. The van der Waals surface area contributed by atoms with Crippen molar-refractivity contribution in [3.8, 4) is 11.5 Å². The molecule has 2 rings (SSSR count). The highest BCUT2D eigenvalue weighted by molar-refractivity contribution is 5.97. The van der Waals surface area contributed by atoms with Crippen LogP contribution in [0.5, 0.6) is 11.5 Å². The van der Waals surface area contributed by atoms with E-state index in [1.165, 1.54) is 11.8 Å². The number of nitrogens with zero attached hydrogens (tertiary/aromatic N) is 1. The summed E-state index contributed by atoms with van der Waals surface area (Å²) in [6.45, 7) is 4.37. The smallest absolute Gasteiger partial charge is 0.240 e. The van der Waals surface area contributed by atoms with Crippen LogP contribution in [0.25, 0.3) is 0 Å². The van der Waals surface area contributed by atoms with Crippen molar-refractivity contribution in [2.24, 2.45) is 0 Å². The Morgan fingerprint density at radius 2 is 2.00 bits per heavy atom. The number of anilines is 1. The van der Waals surface area contributed by atoms with E-state index in [0.717, 1.165) is 19.3 Å². The lowest BCUT2D eigenvalue weighted by Crippen LogP contribution is -2.40. The molecule has 2 amide bonds. The van der Waals surface area contributed by atoms with Gasteiger partial charge in [-0.05, 0) is 18.6 Å². The second-order valence-corrected chi connectivity index (χ2v) is 5.20. The first kappa shape index (κ1) is 16.1. The summed E-state index contributed by atoms with van der Waals surface area (Å²) in [4.78, 5) is 25.2. The summed E-state index contributed by atoms with van der Waals surface area (Å²) in [7, 11) is 0. The molecule has 120 valence electrons. The zero-order valence-corrected chi connectivity index (χ0v) is 13.1. The minimum absolute atomic E-state index is 0.00109. The van der Waals surface area contributed by atoms with Crippen molar-refractivity contribution >= 4 is 17.5 Å². The third kappa shape index (κ3) is 4.13. The molecule has 0 spiro atoms. The molecule has 1 aromatic rings. The van der Waals surface area contributed by atoms with Crippen LogP contribution >= 0.6 is 0 Å². The van der Waals surface area contributed by atoms with Crippen LogP contribution in [0.1, 0.15) is 33.1 Å². The van der Waals surface area contributed by atoms with Crippen molar-refractivity contribution in [3.05, 3.63) is 18.2 Å². The molecule has 0 atom stereocenters. The van der Waals surface area contributed by atoms with Crippen LogP contribution in [0.2, 0.25) is 0 Å². The number of rotatable bonds is 7. The Morgan fingerprint density at radius 1 is 1.23 bits per heavy atom. The molecular formula is C16H22N2O4. The molecule has 6 heteroatoms. The van der Waals surface area contributed by atoms with Crippen LogP contribution in [0.4, 0.5) is 5.69 Å². The van der Waals surface area contributed by atoms with Crippen molar-refractivity contribution in [1.82, 2.24) is 5.32 Å². The average molecular weight is 306 g/mol. The molecule has 0 fully saturated rings. The summed E-state index contributed by atoms with van der Waals surface area (Å²) in [6, 6.07) is 5.21. The van der Waals surface area contributed by atoms with Crippen LogP contribution in [-0.2, 0) is 9.59 Å². The van der Waals surface area contributed by atoms with Crippen LogP contribution in [0, 0.1) is 0 Å². The third-order valence-electron chi connectivity index (χ3n) is 3.45. The molecule has 0 bridgehead atoms. The summed E-state index contributed by atoms with van der Waals surface area (Å²) >= 11 is 0. The second kappa shape index (κ2) is 7.68. The zero-order valence-electron chi connectivity index (χ0n) is 13.1. The minimum Gasteiger partial charge on any atom is -0.454 e. The van der Waals surface area contributed by atoms with Gasteiger partial charge >= 0.3 is 0 Å². The normalized spacial score (nSPS) is 12.1. The Hall–Kier alpha value is -2.24. The maximum absolute atomic E-state index is 12.0. The van der Waals surface area contributed by atoms with E-state index in [-0.39, 0.29) is 25.2 Å². The molecule has 0 aliphatic carbocycles. The first-order valence-corrected chi connectivity index (χ1v) is 7.56. The number of carbonyl (C=O) groups excluding carboxylic acids is 2. The van der Waals surface area contributed by atoms with E-state index in [0.29, 0.717) is 23.7 Å². The lowest BCUT2D eigenvalue weighted by Gasteiger charge is -2.21. The summed E-state index contributed by atoms with van der Waals surface area (Å²) in [5.74, 6) is 0.884. The maximum atomic E-state index is 12.0. The Morgan fingerprint density at radius 3 is 2.73 bits per heavy atom. The fraction of sp³-hybridized carbons (Fsp3) is 0.500. The first-order chi connectivity index (χ1) is 10.6. The largest absolute Gasteiger partial charge is 0.454 e. The van der Waals surface area contributed by atoms with Crippen molar-refractivity contribution < 1.29 is 19.1 Å². The van der Waals surface area contributed by atoms with Gasteiger partial charge in [-0.3, -0.25) is 9.59 Å². The van der Waals surface area contributed by atoms with E-state index in [1.807, 2.05) is 0 Å². The molecule has 1 heterocycles. The van der Waals surface area contributed by atoms with Crippen LogP contribution in [-0.4, -0.2) is 31.7 Å². The van der Waals surface area contributed by atoms with E-state index in [2.05, 4.69) is 12.2 Å². The lowest BCUT2D eigenvalue weighted by atomic mass is 10.2. The number of ether oxygens (including phenoxy) is 2. The van der Waals surface area contributed by atoms with Gasteiger partial charge in [-0.15, -0.1) is 0 Å². The van der Waals surface area contributed by atoms with E-state index in [4.69, 9.17) is 9.47 Å². The van der Waals surface area contributed by atoms with Gasteiger partial charge < -0.3 is 19.7 Å². The molecule has 0 saturated heterocycles. The summed E-state index contributed by atoms with van der Waals surface area (Å²) in [6.07, 6.45) is 3.14. The molecule has 22 heavy (non-hydrogen) atoms. The summed E-state index contributed by atoms with van der Waals surface area (Å²) in [5.41, 5.74) is 0.625. The molecule has 0 unspecified atom stereocenters. The Kier molecular flexibility index (Phi) is 5.63. The first-order valence-electron chi connectivity index (χ1n) is 7.56. The molecule has 0 aromatic heterocycles. The lowest BCUT2D eigenvalue weighted by molar-refractivity contribution is -0.123. The van der Waals surface area contributed by atoms with Crippen LogP contribution in [0.3, 0.4) is 0 Å². The molecule has 0 radical (unpaired) electrons. The van der Waals surface area contributed by atoms with Gasteiger partial charge in [-0.1, -0.05) is 19.8 Å². The van der Waals surface area contributed by atoms with Gasteiger partial charge in [-0.2, -0.15) is 0 Å². The van der Waals surface area contributed by atoms with Crippen LogP contribution < -0.4 is 19.7 Å². The highest BCUT2D eigenvalue weighted by Gasteiger charge is 2.20. The van der Waals surface area contributed by atoms with Crippen molar-refractivity contribution in [2.45, 2.75) is 33.1 Å². The zero-order chi connectivity index (χ0) is 15.9. The van der Waals surface area contributed by atoms with E-state index < -0.39 is 0 Å². The van der Waals surface area contributed by atoms with Crippen LogP contribution in [0.15, 0.2) is 18.2 Å². The van der Waals surface area contributed by atoms with Gasteiger partial charge in [0.1, 0.15) is 6.54 Å². The number of benzene rings is 1. The second-order valence-electron chi connectivity index (χ2n) is 5.20. The van der Waals surface area contributed by atoms with Gasteiger partial charge in [-0.25, -0.2) is 0 Å². The maximum Gasteiger partial charge on any atom is 0.240 e. The van der Waals surface area contributed by atoms with Gasteiger partial charge in [0.05, 0.1) is 0 Å². The summed E-state index contributed by atoms with van der Waals surface area (Å²) in [5, 5.41) is 2.84. The SMILES string of the molecule is CCCCCNC(=O)CN(C(C)=O)c1ccc2c(c1)OCO2. The van der Waals surface area contributed by atoms with E-state index >= 15 is 0 Å². The predicted octanol–water partition coefficient (Wildman–Crippen LogP) is 2.07. The van der Waals surface area contributed by atoms with Gasteiger partial charge in [0.2, 0.25) is 18.6 Å². The van der Waals surface area contributed by atoms with Gasteiger partial charge in [0.15, 0.2) is 11.5 Å². The number of nitrogens with one attached hydrogen (secondary N) is 1. The fourth-order valence-electron chi connectivity index (χ4n) is 2.24. The molecular weight excluding hydrogens is 284 g/mol. The molecule has 1 N–H and O–H groups in total. The molecule has 1 aromatic carbocycles. The average Bonchev–Trinajstić information content (AvgIpc) is 2.96. The third-order valence-corrected chi connectivity index (χ3v) is 3.45. The molecule has 6 nitrogen and oxygen atoms in total. The number of unbranched alkanes of at least 4 members (excludes halogenated alkanes) is 2. The number of carbonyl (C=O) groups is 2. The Balaban J connectivity index is 1.98. The predicted molar refractivity (Wildman–Crippen MR) is 83.1 cm³/mol. The Bertz CT molecular complexity index is 545. The Labute approximate surface area is 130 Å². The molecule has 1 aliphatic rings. The number of amides is 2.